The van der Waals surface area contributed by atoms with Gasteiger partial charge in [0.1, 0.15) is 0 Å². The molecule has 1 aromatic heterocycles. The minimum Gasteiger partial charge on any atom is -0.392 e. The first-order valence-electron chi connectivity index (χ1n) is 6.16. The molecule has 0 amide bonds. The second-order valence-electron chi connectivity index (χ2n) is 4.28. The van der Waals surface area contributed by atoms with Gasteiger partial charge in [-0.1, -0.05) is 31.2 Å². The molecule has 0 unspecified atom stereocenters. The van der Waals surface area contributed by atoms with E-state index in [0.29, 0.717) is 5.56 Å². The average Bonchev–Trinajstić information content (AvgIpc) is 2.42. The van der Waals surface area contributed by atoms with Crippen LogP contribution in [0.15, 0.2) is 47.4 Å². The monoisotopic (exact) mass is 243 g/mol. The summed E-state index contributed by atoms with van der Waals surface area (Å²) in [6, 6.07) is 11.2. The van der Waals surface area contributed by atoms with Gasteiger partial charge in [0.2, 0.25) is 0 Å². The number of hydrogen-bond acceptors (Lipinski definition) is 2. The summed E-state index contributed by atoms with van der Waals surface area (Å²) in [4.78, 5) is 12.2. The Hall–Kier alpha value is -1.87. The molecule has 0 fully saturated rings. The Kier molecular flexibility index (Phi) is 3.95. The van der Waals surface area contributed by atoms with Gasteiger partial charge in [-0.15, -0.1) is 0 Å². The summed E-state index contributed by atoms with van der Waals surface area (Å²) < 4.78 is 1.73. The van der Waals surface area contributed by atoms with E-state index in [4.69, 9.17) is 5.11 Å². The van der Waals surface area contributed by atoms with Gasteiger partial charge in [-0.25, -0.2) is 0 Å². The molecule has 0 atom stereocenters. The molecule has 3 nitrogen and oxygen atoms in total. The van der Waals surface area contributed by atoms with Crippen molar-refractivity contribution in [2.24, 2.45) is 0 Å². The maximum Gasteiger partial charge on any atom is 0.258 e. The number of aryl methyl sites for hydroxylation is 1. The van der Waals surface area contributed by atoms with E-state index >= 15 is 0 Å². The molecule has 1 heterocycles. The summed E-state index contributed by atoms with van der Waals surface area (Å²) in [6.07, 6.45) is 2.75. The molecule has 0 bridgehead atoms. The van der Waals surface area contributed by atoms with Crippen LogP contribution in [0.25, 0.3) is 11.1 Å². The van der Waals surface area contributed by atoms with E-state index in [-0.39, 0.29) is 12.2 Å². The molecule has 18 heavy (non-hydrogen) atoms. The molecule has 2 rings (SSSR count). The van der Waals surface area contributed by atoms with Crippen LogP contribution in [0, 0.1) is 0 Å². The van der Waals surface area contributed by atoms with Crippen LogP contribution in [0.1, 0.15) is 18.9 Å². The highest BCUT2D eigenvalue weighted by Gasteiger charge is 2.05. The molecule has 0 saturated heterocycles. The number of aliphatic hydroxyl groups excluding tert-OH is 1. The third-order valence-corrected chi connectivity index (χ3v) is 2.93. The summed E-state index contributed by atoms with van der Waals surface area (Å²) in [7, 11) is 0. The Morgan fingerprint density at radius 2 is 1.89 bits per heavy atom. The van der Waals surface area contributed by atoms with Crippen LogP contribution < -0.4 is 5.56 Å². The molecule has 0 aliphatic rings. The summed E-state index contributed by atoms with van der Waals surface area (Å²) in [5.41, 5.74) is 2.48. The van der Waals surface area contributed by atoms with Crippen molar-refractivity contribution in [1.29, 1.82) is 0 Å². The van der Waals surface area contributed by atoms with Crippen molar-refractivity contribution in [2.75, 3.05) is 0 Å². The Balaban J connectivity index is 2.43. The highest BCUT2D eigenvalue weighted by Crippen LogP contribution is 2.16. The van der Waals surface area contributed by atoms with Crippen molar-refractivity contribution in [3.8, 4) is 11.1 Å². The lowest BCUT2D eigenvalue weighted by Crippen LogP contribution is -2.20. The SMILES string of the molecule is CCCn1cccc(-c2ccc(CO)cc2)c1=O. The van der Waals surface area contributed by atoms with Gasteiger partial charge in [0, 0.05) is 18.3 Å². The molecule has 94 valence electrons. The van der Waals surface area contributed by atoms with Gasteiger partial charge in [0.25, 0.3) is 5.56 Å². The average molecular weight is 243 g/mol. The van der Waals surface area contributed by atoms with Crippen LogP contribution in [-0.4, -0.2) is 9.67 Å². The number of hydrogen-bond donors (Lipinski definition) is 1. The zero-order chi connectivity index (χ0) is 13.0. The lowest BCUT2D eigenvalue weighted by atomic mass is 10.1. The standard InChI is InChI=1S/C15H17NO2/c1-2-9-16-10-3-4-14(15(16)18)13-7-5-12(11-17)6-8-13/h3-8,10,17H,2,9,11H2,1H3. The lowest BCUT2D eigenvalue weighted by Gasteiger charge is -2.07. The summed E-state index contributed by atoms with van der Waals surface area (Å²) in [6.45, 7) is 2.81. The molecular weight excluding hydrogens is 226 g/mol. The predicted molar refractivity (Wildman–Crippen MR) is 72.4 cm³/mol. The second kappa shape index (κ2) is 5.65. The maximum absolute atomic E-state index is 12.2. The molecular formula is C15H17NO2. The van der Waals surface area contributed by atoms with Crippen molar-refractivity contribution in [3.63, 3.8) is 0 Å². The minimum absolute atomic E-state index is 0.0230. The molecule has 0 aliphatic heterocycles. The number of rotatable bonds is 4. The fourth-order valence-electron chi connectivity index (χ4n) is 1.96. The largest absolute Gasteiger partial charge is 0.392 e. The number of aromatic nitrogens is 1. The van der Waals surface area contributed by atoms with Gasteiger partial charge in [-0.2, -0.15) is 0 Å². The molecule has 1 N–H and O–H groups in total. The van der Waals surface area contributed by atoms with Gasteiger partial charge < -0.3 is 9.67 Å². The van der Waals surface area contributed by atoms with E-state index < -0.39 is 0 Å². The van der Waals surface area contributed by atoms with Crippen molar-refractivity contribution in [1.82, 2.24) is 4.57 Å². The number of pyridine rings is 1. The predicted octanol–water partition coefficient (Wildman–Crippen LogP) is 2.42. The van der Waals surface area contributed by atoms with Crippen LogP contribution in [0.3, 0.4) is 0 Å². The smallest absolute Gasteiger partial charge is 0.258 e. The van der Waals surface area contributed by atoms with Crippen LogP contribution >= 0.6 is 0 Å². The zero-order valence-corrected chi connectivity index (χ0v) is 10.5. The van der Waals surface area contributed by atoms with Crippen LogP contribution in [0.2, 0.25) is 0 Å². The third kappa shape index (κ3) is 2.51. The molecule has 0 spiro atoms. The normalized spacial score (nSPS) is 10.6. The highest BCUT2D eigenvalue weighted by atomic mass is 16.3. The quantitative estimate of drug-likeness (QED) is 0.896. The van der Waals surface area contributed by atoms with Crippen LogP contribution in [-0.2, 0) is 13.2 Å². The van der Waals surface area contributed by atoms with Gasteiger partial charge in [0.05, 0.1) is 6.61 Å². The van der Waals surface area contributed by atoms with Crippen molar-refractivity contribution >= 4 is 0 Å². The number of benzene rings is 1. The molecule has 0 aliphatic carbocycles. The van der Waals surface area contributed by atoms with Crippen molar-refractivity contribution in [3.05, 3.63) is 58.5 Å². The van der Waals surface area contributed by atoms with Crippen LogP contribution in [0.4, 0.5) is 0 Å². The van der Waals surface area contributed by atoms with E-state index in [9.17, 15) is 4.79 Å². The highest BCUT2D eigenvalue weighted by molar-refractivity contribution is 5.62. The molecule has 0 saturated carbocycles. The fraction of sp³-hybridized carbons (Fsp3) is 0.267. The molecule has 2 aromatic rings. The Bertz CT molecular complexity index is 570. The fourth-order valence-corrected chi connectivity index (χ4v) is 1.96. The number of aliphatic hydroxyl groups is 1. The number of nitrogens with zero attached hydrogens (tertiary/aromatic N) is 1. The summed E-state index contributed by atoms with van der Waals surface area (Å²) >= 11 is 0. The lowest BCUT2D eigenvalue weighted by molar-refractivity contribution is 0.282. The Morgan fingerprint density at radius 1 is 1.17 bits per heavy atom. The summed E-state index contributed by atoms with van der Waals surface area (Å²) in [5.74, 6) is 0. The molecule has 0 radical (unpaired) electrons. The van der Waals surface area contributed by atoms with E-state index in [0.717, 1.165) is 24.1 Å². The van der Waals surface area contributed by atoms with E-state index in [2.05, 4.69) is 6.92 Å². The van der Waals surface area contributed by atoms with Crippen molar-refractivity contribution < 1.29 is 5.11 Å². The first kappa shape index (κ1) is 12.6. The first-order valence-corrected chi connectivity index (χ1v) is 6.16. The summed E-state index contributed by atoms with van der Waals surface area (Å²) in [5, 5.41) is 9.00. The maximum atomic E-state index is 12.2. The van der Waals surface area contributed by atoms with Crippen LogP contribution in [0.5, 0.6) is 0 Å². The zero-order valence-electron chi connectivity index (χ0n) is 10.5. The minimum atomic E-state index is 0.0230. The molecule has 1 aromatic carbocycles. The third-order valence-electron chi connectivity index (χ3n) is 2.93. The van der Waals surface area contributed by atoms with E-state index in [1.165, 1.54) is 0 Å². The van der Waals surface area contributed by atoms with Gasteiger partial charge >= 0.3 is 0 Å². The van der Waals surface area contributed by atoms with Gasteiger partial charge in [-0.05, 0) is 29.7 Å². The van der Waals surface area contributed by atoms with Gasteiger partial charge in [0.15, 0.2) is 0 Å². The topological polar surface area (TPSA) is 42.2 Å². The first-order chi connectivity index (χ1) is 8.76. The molecule has 3 heteroatoms. The Labute approximate surface area is 106 Å². The van der Waals surface area contributed by atoms with Crippen molar-refractivity contribution in [2.45, 2.75) is 26.5 Å². The Morgan fingerprint density at radius 3 is 2.50 bits per heavy atom. The van der Waals surface area contributed by atoms with E-state index in [1.54, 1.807) is 4.57 Å². The second-order valence-corrected chi connectivity index (χ2v) is 4.28. The van der Waals surface area contributed by atoms with E-state index in [1.807, 2.05) is 42.6 Å². The van der Waals surface area contributed by atoms with Gasteiger partial charge in [-0.3, -0.25) is 4.79 Å².